The number of rotatable bonds is 5. The number of aromatic nitrogens is 3. The minimum Gasteiger partial charge on any atom is -0.493 e. The van der Waals surface area contributed by atoms with Crippen LogP contribution >= 0.6 is 0 Å². The van der Waals surface area contributed by atoms with Crippen LogP contribution in [0.5, 0.6) is 11.6 Å². The Labute approximate surface area is 253 Å². The van der Waals surface area contributed by atoms with E-state index in [4.69, 9.17) is 14.5 Å². The Hall–Kier alpha value is -3.81. The molecule has 6 rings (SSSR count). The standard InChI is InChI=1S/C30H34F3N5O5S/c1-28(2)12-4-5-20-11-17-42-21-6-3-7-22(19-21)44(40,41)36-27(39)23-8-9-24(34-26(23)38(20)28)37-16-10-25(35-37)43-18-15-29(13-14-29)30(31,32)33/h3,6-10,16,19-20H,4-5,11-15,17-18H2,1-2H3,(H,36,39). The summed E-state index contributed by atoms with van der Waals surface area (Å²) in [6, 6.07) is 10.6. The summed E-state index contributed by atoms with van der Waals surface area (Å²) >= 11 is 0. The van der Waals surface area contributed by atoms with Gasteiger partial charge >= 0.3 is 6.18 Å². The molecule has 2 aromatic heterocycles. The average Bonchev–Trinajstić information content (AvgIpc) is 3.61. The minimum atomic E-state index is -4.25. The summed E-state index contributed by atoms with van der Waals surface area (Å²) in [6.45, 7) is 4.31. The second-order valence-electron chi connectivity index (χ2n) is 12.3. The third-order valence-corrected chi connectivity index (χ3v) is 10.2. The summed E-state index contributed by atoms with van der Waals surface area (Å²) < 4.78 is 81.3. The molecule has 10 nitrogen and oxygen atoms in total. The lowest BCUT2D eigenvalue weighted by molar-refractivity contribution is -0.190. The van der Waals surface area contributed by atoms with E-state index >= 15 is 0 Å². The number of ether oxygens (including phenoxy) is 2. The van der Waals surface area contributed by atoms with Crippen LogP contribution in [-0.4, -0.2) is 60.1 Å². The van der Waals surface area contributed by atoms with Crippen molar-refractivity contribution < 1.29 is 35.9 Å². The maximum Gasteiger partial charge on any atom is 0.394 e. The third kappa shape index (κ3) is 5.83. The number of carbonyl (C=O) groups is 1. The number of anilines is 1. The molecule has 2 aliphatic heterocycles. The van der Waals surface area contributed by atoms with Crippen LogP contribution in [0, 0.1) is 5.41 Å². The number of carbonyl (C=O) groups excluding carboxylic acids is 1. The van der Waals surface area contributed by atoms with Crippen molar-refractivity contribution in [2.75, 3.05) is 18.1 Å². The smallest absolute Gasteiger partial charge is 0.394 e. The molecule has 14 heteroatoms. The summed E-state index contributed by atoms with van der Waals surface area (Å²) in [5.74, 6) is 0.340. The van der Waals surface area contributed by atoms with Crippen LogP contribution in [0.1, 0.15) is 69.2 Å². The normalized spacial score (nSPS) is 22.2. The van der Waals surface area contributed by atoms with E-state index < -0.39 is 33.1 Å². The molecule has 1 aromatic carbocycles. The quantitative estimate of drug-likeness (QED) is 0.396. The molecule has 44 heavy (non-hydrogen) atoms. The molecule has 236 valence electrons. The zero-order chi connectivity index (χ0) is 31.3. The molecular formula is C30H34F3N5O5S. The summed E-state index contributed by atoms with van der Waals surface area (Å²) in [7, 11) is -4.22. The summed E-state index contributed by atoms with van der Waals surface area (Å²) in [4.78, 5) is 20.4. The van der Waals surface area contributed by atoms with E-state index in [-0.39, 0.29) is 48.3 Å². The van der Waals surface area contributed by atoms with Crippen molar-refractivity contribution >= 4 is 21.7 Å². The maximum atomic E-state index is 13.6. The molecule has 1 N–H and O–H groups in total. The van der Waals surface area contributed by atoms with Gasteiger partial charge in [0.05, 0.1) is 29.1 Å². The summed E-state index contributed by atoms with van der Waals surface area (Å²) in [5, 5.41) is 4.36. The van der Waals surface area contributed by atoms with Crippen molar-refractivity contribution in [2.24, 2.45) is 5.41 Å². The molecule has 2 bridgehead atoms. The number of halogens is 3. The average molecular weight is 634 g/mol. The lowest BCUT2D eigenvalue weighted by Gasteiger charge is -2.49. The molecule has 1 amide bonds. The third-order valence-electron chi connectivity index (χ3n) is 8.82. The van der Waals surface area contributed by atoms with Gasteiger partial charge in [-0.3, -0.25) is 4.79 Å². The van der Waals surface area contributed by atoms with Gasteiger partial charge in [0.25, 0.3) is 15.9 Å². The molecule has 0 spiro atoms. The number of fused-ring (bicyclic) bond motifs is 5. The first kappa shape index (κ1) is 30.2. The number of hydrogen-bond acceptors (Lipinski definition) is 8. The van der Waals surface area contributed by atoms with Gasteiger partial charge in [-0.25, -0.2) is 22.8 Å². The van der Waals surface area contributed by atoms with Crippen molar-refractivity contribution in [3.8, 4) is 17.4 Å². The van der Waals surface area contributed by atoms with E-state index in [1.54, 1.807) is 24.4 Å². The molecule has 1 unspecified atom stereocenters. The second kappa shape index (κ2) is 11.0. The Bertz CT molecular complexity index is 1670. The van der Waals surface area contributed by atoms with Gasteiger partial charge in [-0.05, 0) is 76.6 Å². The highest BCUT2D eigenvalue weighted by Gasteiger charge is 2.62. The van der Waals surface area contributed by atoms with Gasteiger partial charge < -0.3 is 14.4 Å². The molecule has 3 aliphatic rings. The van der Waals surface area contributed by atoms with Crippen molar-refractivity contribution in [1.29, 1.82) is 0 Å². The molecule has 1 atom stereocenters. The van der Waals surface area contributed by atoms with Gasteiger partial charge in [0.15, 0.2) is 5.82 Å². The van der Waals surface area contributed by atoms with E-state index in [0.717, 1.165) is 19.3 Å². The second-order valence-corrected chi connectivity index (χ2v) is 14.0. The van der Waals surface area contributed by atoms with Crippen LogP contribution in [-0.2, 0) is 10.0 Å². The monoisotopic (exact) mass is 633 g/mol. The van der Waals surface area contributed by atoms with Crippen LogP contribution in [0.4, 0.5) is 19.0 Å². The van der Waals surface area contributed by atoms with E-state index in [1.165, 1.54) is 28.9 Å². The fraction of sp³-hybridized carbons (Fsp3) is 0.500. The minimum absolute atomic E-state index is 0.0616. The number of pyridine rings is 1. The fourth-order valence-corrected chi connectivity index (χ4v) is 7.14. The number of benzene rings is 1. The maximum absolute atomic E-state index is 13.6. The summed E-state index contributed by atoms with van der Waals surface area (Å²) in [5.41, 5.74) is -2.02. The number of amides is 1. The molecule has 1 saturated carbocycles. The zero-order valence-electron chi connectivity index (χ0n) is 24.4. The molecule has 2 fully saturated rings. The number of sulfonamides is 1. The van der Waals surface area contributed by atoms with Crippen LogP contribution in [0.2, 0.25) is 0 Å². The van der Waals surface area contributed by atoms with E-state index in [0.29, 0.717) is 30.4 Å². The van der Waals surface area contributed by atoms with Crippen LogP contribution < -0.4 is 19.1 Å². The van der Waals surface area contributed by atoms with Gasteiger partial charge in [-0.15, -0.1) is 5.10 Å². The number of alkyl halides is 3. The lowest BCUT2D eigenvalue weighted by atomic mass is 9.84. The topological polar surface area (TPSA) is 116 Å². The van der Waals surface area contributed by atoms with Crippen molar-refractivity contribution in [3.63, 3.8) is 0 Å². The molecular weight excluding hydrogens is 599 g/mol. The predicted octanol–water partition coefficient (Wildman–Crippen LogP) is 5.42. The SMILES string of the molecule is CC1(C)CCCC2CCOc3cccc(c3)S(=O)(=O)NC(=O)c3ccc(-n4ccc(OCCC5(C(F)(F)F)CC5)n4)nc3N21. The number of nitrogens with one attached hydrogen (secondary N) is 1. The first-order chi connectivity index (χ1) is 20.8. The van der Waals surface area contributed by atoms with Crippen LogP contribution in [0.25, 0.3) is 5.82 Å². The number of nitrogens with zero attached hydrogens (tertiary/aromatic N) is 4. The first-order valence-corrected chi connectivity index (χ1v) is 16.1. The van der Waals surface area contributed by atoms with Gasteiger partial charge in [0, 0.05) is 36.3 Å². The van der Waals surface area contributed by atoms with E-state index in [9.17, 15) is 26.4 Å². The Morgan fingerprint density at radius 3 is 2.66 bits per heavy atom. The number of piperidine rings is 1. The van der Waals surface area contributed by atoms with Crippen molar-refractivity contribution in [1.82, 2.24) is 19.5 Å². The van der Waals surface area contributed by atoms with Gasteiger partial charge in [0.1, 0.15) is 11.6 Å². The fourth-order valence-electron chi connectivity index (χ4n) is 6.14. The van der Waals surface area contributed by atoms with E-state index in [1.807, 2.05) is 0 Å². The van der Waals surface area contributed by atoms with Gasteiger partial charge in [0.2, 0.25) is 5.88 Å². The van der Waals surface area contributed by atoms with Crippen LogP contribution in [0.3, 0.4) is 0 Å². The molecule has 1 saturated heterocycles. The lowest BCUT2D eigenvalue weighted by Crippen LogP contribution is -2.55. The zero-order valence-corrected chi connectivity index (χ0v) is 25.2. The van der Waals surface area contributed by atoms with E-state index in [2.05, 4.69) is 28.6 Å². The highest BCUT2D eigenvalue weighted by molar-refractivity contribution is 7.90. The Balaban J connectivity index is 1.34. The highest BCUT2D eigenvalue weighted by atomic mass is 32.2. The Morgan fingerprint density at radius 2 is 1.91 bits per heavy atom. The Kier molecular flexibility index (Phi) is 7.53. The molecule has 3 aromatic rings. The van der Waals surface area contributed by atoms with Crippen molar-refractivity contribution in [3.05, 3.63) is 54.2 Å². The molecule has 1 aliphatic carbocycles. The predicted molar refractivity (Wildman–Crippen MR) is 155 cm³/mol. The summed E-state index contributed by atoms with van der Waals surface area (Å²) in [6.07, 6.45) is 0.579. The first-order valence-electron chi connectivity index (χ1n) is 14.6. The molecule has 0 radical (unpaired) electrons. The Morgan fingerprint density at radius 1 is 1.11 bits per heavy atom. The van der Waals surface area contributed by atoms with Gasteiger partial charge in [-0.1, -0.05) is 6.07 Å². The largest absolute Gasteiger partial charge is 0.493 e. The van der Waals surface area contributed by atoms with Crippen LogP contribution in [0.15, 0.2) is 53.6 Å². The van der Waals surface area contributed by atoms with Crippen molar-refractivity contribution in [2.45, 2.75) is 81.4 Å². The van der Waals surface area contributed by atoms with Gasteiger partial charge in [-0.2, -0.15) is 13.2 Å². The number of hydrogen-bond donors (Lipinski definition) is 1. The highest BCUT2D eigenvalue weighted by Crippen LogP contribution is 2.59. The molecule has 4 heterocycles.